The molecule has 1 fully saturated rings. The largest absolute Gasteiger partial charge is 0.298 e. The highest BCUT2D eigenvalue weighted by Gasteiger charge is 2.26. The van der Waals surface area contributed by atoms with Crippen LogP contribution in [-0.4, -0.2) is 45.9 Å². The number of aromatic nitrogens is 2. The molecule has 1 unspecified atom stereocenters. The van der Waals surface area contributed by atoms with Crippen LogP contribution in [0.25, 0.3) is 10.3 Å². The number of hydrogen-bond acceptors (Lipinski definition) is 5. The second-order valence-electron chi connectivity index (χ2n) is 6.78. The van der Waals surface area contributed by atoms with Crippen molar-refractivity contribution in [3.05, 3.63) is 58.7 Å². The maximum absolute atomic E-state index is 13.4. The van der Waals surface area contributed by atoms with E-state index in [0.717, 1.165) is 47.0 Å². The molecule has 0 spiro atoms. The minimum absolute atomic E-state index is 0.399. The summed E-state index contributed by atoms with van der Waals surface area (Å²) >= 11 is 1.64. The Morgan fingerprint density at radius 2 is 2.15 bits per heavy atom. The highest BCUT2D eigenvalue weighted by molar-refractivity contribution is 7.18. The van der Waals surface area contributed by atoms with E-state index < -0.39 is 11.6 Å². The van der Waals surface area contributed by atoms with Gasteiger partial charge in [0.25, 0.3) is 0 Å². The third kappa shape index (κ3) is 3.75. The number of likely N-dealkylation sites (N-methyl/N-ethyl adjacent to an activating group) is 1. The first-order valence-corrected chi connectivity index (χ1v) is 9.47. The standard InChI is InChI=1S/C19H20F2N4S/c1-24(10-13-4-5-15(20)16(21)9-13)14-6-8-25(11-14)12-18-23-17-3-2-7-22-19(17)26-18/h2-5,7,9,14H,6,8,10-12H2,1H3. The Kier molecular flexibility index (Phi) is 4.93. The van der Waals surface area contributed by atoms with Crippen molar-refractivity contribution in [2.24, 2.45) is 0 Å². The predicted octanol–water partition coefficient (Wildman–Crippen LogP) is 3.68. The maximum Gasteiger partial charge on any atom is 0.159 e. The predicted molar refractivity (Wildman–Crippen MR) is 98.9 cm³/mol. The monoisotopic (exact) mass is 374 g/mol. The summed E-state index contributed by atoms with van der Waals surface area (Å²) in [7, 11) is 2.04. The Labute approximate surface area is 155 Å². The number of halogens is 2. The van der Waals surface area contributed by atoms with E-state index in [0.29, 0.717) is 12.6 Å². The summed E-state index contributed by atoms with van der Waals surface area (Å²) in [6.45, 7) is 3.40. The highest BCUT2D eigenvalue weighted by Crippen LogP contribution is 2.24. The molecule has 4 rings (SSSR count). The summed E-state index contributed by atoms with van der Waals surface area (Å²) in [5.74, 6) is -1.58. The molecule has 0 bridgehead atoms. The molecule has 3 aromatic rings. The third-order valence-electron chi connectivity index (χ3n) is 4.86. The van der Waals surface area contributed by atoms with Gasteiger partial charge in [-0.15, -0.1) is 0 Å². The highest BCUT2D eigenvalue weighted by atomic mass is 32.1. The zero-order valence-corrected chi connectivity index (χ0v) is 15.3. The SMILES string of the molecule is CN(Cc1ccc(F)c(F)c1)C1CCN(Cc2nc3cccnc3s2)C1. The zero-order chi connectivity index (χ0) is 18.1. The third-order valence-corrected chi connectivity index (χ3v) is 5.82. The number of benzene rings is 1. The number of nitrogens with zero attached hydrogens (tertiary/aromatic N) is 4. The minimum atomic E-state index is -0.797. The van der Waals surface area contributed by atoms with Crippen LogP contribution in [0.1, 0.15) is 17.0 Å². The van der Waals surface area contributed by atoms with Crippen LogP contribution >= 0.6 is 11.3 Å². The van der Waals surface area contributed by atoms with E-state index in [4.69, 9.17) is 0 Å². The van der Waals surface area contributed by atoms with Crippen LogP contribution < -0.4 is 0 Å². The lowest BCUT2D eigenvalue weighted by atomic mass is 10.1. The van der Waals surface area contributed by atoms with Crippen LogP contribution in [0.15, 0.2) is 36.5 Å². The van der Waals surface area contributed by atoms with Crippen molar-refractivity contribution in [3.8, 4) is 0 Å². The Balaban J connectivity index is 1.35. The quantitative estimate of drug-likeness (QED) is 0.682. The summed E-state index contributed by atoms with van der Waals surface area (Å²) in [5.41, 5.74) is 1.75. The van der Waals surface area contributed by atoms with Gasteiger partial charge in [0.15, 0.2) is 11.6 Å². The van der Waals surface area contributed by atoms with Crippen molar-refractivity contribution in [1.29, 1.82) is 0 Å². The summed E-state index contributed by atoms with van der Waals surface area (Å²) in [5, 5.41) is 1.09. The Bertz CT molecular complexity index is 880. The lowest BCUT2D eigenvalue weighted by Gasteiger charge is -2.24. The van der Waals surface area contributed by atoms with E-state index in [9.17, 15) is 8.78 Å². The van der Waals surface area contributed by atoms with Crippen LogP contribution in [0.4, 0.5) is 8.78 Å². The van der Waals surface area contributed by atoms with E-state index in [1.807, 2.05) is 19.2 Å². The first-order chi connectivity index (χ1) is 12.6. The normalized spacial score (nSPS) is 18.2. The van der Waals surface area contributed by atoms with Gasteiger partial charge in [0.2, 0.25) is 0 Å². The fraction of sp³-hybridized carbons (Fsp3) is 0.368. The molecule has 1 aliphatic heterocycles. The number of hydrogen-bond donors (Lipinski definition) is 0. The van der Waals surface area contributed by atoms with E-state index >= 15 is 0 Å². The number of thiazole rings is 1. The van der Waals surface area contributed by atoms with Gasteiger partial charge in [-0.05, 0) is 43.3 Å². The fourth-order valence-electron chi connectivity index (χ4n) is 3.44. The smallest absolute Gasteiger partial charge is 0.159 e. The molecule has 1 atom stereocenters. The number of likely N-dealkylation sites (tertiary alicyclic amines) is 1. The molecule has 3 heterocycles. The van der Waals surface area contributed by atoms with Gasteiger partial charge >= 0.3 is 0 Å². The maximum atomic E-state index is 13.4. The molecule has 0 amide bonds. The second kappa shape index (κ2) is 7.34. The molecule has 0 aliphatic carbocycles. The topological polar surface area (TPSA) is 32.3 Å². The number of fused-ring (bicyclic) bond motifs is 1. The molecule has 7 heteroatoms. The van der Waals surface area contributed by atoms with Crippen LogP contribution in [-0.2, 0) is 13.1 Å². The zero-order valence-electron chi connectivity index (χ0n) is 14.5. The molecule has 1 aromatic carbocycles. The van der Waals surface area contributed by atoms with Gasteiger partial charge in [0.05, 0.1) is 6.54 Å². The van der Waals surface area contributed by atoms with Crippen molar-refractivity contribution >= 4 is 21.7 Å². The molecule has 0 radical (unpaired) electrons. The molecular formula is C19H20F2N4S. The van der Waals surface area contributed by atoms with Crippen molar-refractivity contribution < 1.29 is 8.78 Å². The average molecular weight is 374 g/mol. The summed E-state index contributed by atoms with van der Waals surface area (Å²) in [6, 6.07) is 8.43. The van der Waals surface area contributed by atoms with Gasteiger partial charge in [0.1, 0.15) is 15.4 Å². The van der Waals surface area contributed by atoms with Gasteiger partial charge in [-0.2, -0.15) is 0 Å². The minimum Gasteiger partial charge on any atom is -0.298 e. The van der Waals surface area contributed by atoms with Crippen molar-refractivity contribution in [2.45, 2.75) is 25.6 Å². The average Bonchev–Trinajstić information content (AvgIpc) is 3.24. The summed E-state index contributed by atoms with van der Waals surface area (Å²) < 4.78 is 26.5. The number of pyridine rings is 1. The lowest BCUT2D eigenvalue weighted by molar-refractivity contribution is 0.222. The molecule has 1 saturated heterocycles. The number of rotatable bonds is 5. The lowest BCUT2D eigenvalue weighted by Crippen LogP contribution is -2.34. The van der Waals surface area contributed by atoms with Crippen LogP contribution in [0.2, 0.25) is 0 Å². The van der Waals surface area contributed by atoms with E-state index in [-0.39, 0.29) is 0 Å². The van der Waals surface area contributed by atoms with Gasteiger partial charge in [-0.3, -0.25) is 9.80 Å². The molecular weight excluding hydrogens is 354 g/mol. The summed E-state index contributed by atoms with van der Waals surface area (Å²) in [4.78, 5) is 14.6. The van der Waals surface area contributed by atoms with Gasteiger partial charge < -0.3 is 0 Å². The van der Waals surface area contributed by atoms with Crippen molar-refractivity contribution in [1.82, 2.24) is 19.8 Å². The molecule has 136 valence electrons. The van der Waals surface area contributed by atoms with Crippen LogP contribution in [0, 0.1) is 11.6 Å². The van der Waals surface area contributed by atoms with Crippen molar-refractivity contribution in [2.75, 3.05) is 20.1 Å². The molecule has 26 heavy (non-hydrogen) atoms. The molecule has 1 aliphatic rings. The van der Waals surface area contributed by atoms with Gasteiger partial charge in [-0.1, -0.05) is 17.4 Å². The second-order valence-corrected chi connectivity index (χ2v) is 7.84. The molecule has 4 nitrogen and oxygen atoms in total. The Morgan fingerprint density at radius 3 is 2.96 bits per heavy atom. The molecule has 0 saturated carbocycles. The molecule has 0 N–H and O–H groups in total. The van der Waals surface area contributed by atoms with Gasteiger partial charge in [-0.25, -0.2) is 18.7 Å². The molecule has 2 aromatic heterocycles. The van der Waals surface area contributed by atoms with Crippen LogP contribution in [0.3, 0.4) is 0 Å². The van der Waals surface area contributed by atoms with Crippen LogP contribution in [0.5, 0.6) is 0 Å². The van der Waals surface area contributed by atoms with E-state index in [2.05, 4.69) is 19.8 Å². The fourth-order valence-corrected chi connectivity index (χ4v) is 4.39. The summed E-state index contributed by atoms with van der Waals surface area (Å²) in [6.07, 6.45) is 2.85. The Morgan fingerprint density at radius 1 is 1.27 bits per heavy atom. The van der Waals surface area contributed by atoms with E-state index in [1.54, 1.807) is 23.6 Å². The first-order valence-electron chi connectivity index (χ1n) is 8.65. The first kappa shape index (κ1) is 17.5. The van der Waals surface area contributed by atoms with Crippen molar-refractivity contribution in [3.63, 3.8) is 0 Å². The van der Waals surface area contributed by atoms with E-state index in [1.165, 1.54) is 12.1 Å². The van der Waals surface area contributed by atoms with Gasteiger partial charge in [0, 0.05) is 31.9 Å². The Hall–Kier alpha value is -1.96.